The van der Waals surface area contributed by atoms with Crippen molar-refractivity contribution in [1.29, 1.82) is 0 Å². The maximum Gasteiger partial charge on any atom is 0.184 e. The molecular weight excluding hydrogens is 508 g/mol. The second kappa shape index (κ2) is 9.21. The van der Waals surface area contributed by atoms with Crippen LogP contribution < -0.4 is 0 Å². The van der Waals surface area contributed by atoms with E-state index >= 15 is 4.39 Å². The zero-order valence-electron chi connectivity index (χ0n) is 20.3. The number of pyridine rings is 1. The van der Waals surface area contributed by atoms with E-state index in [1.165, 1.54) is 24.7 Å². The van der Waals surface area contributed by atoms with E-state index in [1.807, 2.05) is 12.1 Å². The Morgan fingerprint density at radius 2 is 1.87 bits per heavy atom. The van der Waals surface area contributed by atoms with Gasteiger partial charge in [-0.1, -0.05) is 18.2 Å². The molecule has 38 heavy (non-hydrogen) atoms. The molecule has 10 heteroatoms. The van der Waals surface area contributed by atoms with Gasteiger partial charge in [0.15, 0.2) is 9.84 Å². The molecule has 0 N–H and O–H groups in total. The zero-order valence-corrected chi connectivity index (χ0v) is 21.1. The smallest absolute Gasteiger partial charge is 0.184 e. The maximum atomic E-state index is 15.8. The second-order valence-corrected chi connectivity index (χ2v) is 11.0. The Balaban J connectivity index is 1.39. The summed E-state index contributed by atoms with van der Waals surface area (Å²) < 4.78 is 59.3. The van der Waals surface area contributed by atoms with Gasteiger partial charge in [-0.15, -0.1) is 0 Å². The number of para-hydroxylation sites is 1. The van der Waals surface area contributed by atoms with Gasteiger partial charge in [0.2, 0.25) is 0 Å². The molecular formula is C28H21F2N5O2S. The predicted molar refractivity (Wildman–Crippen MR) is 140 cm³/mol. The summed E-state index contributed by atoms with van der Waals surface area (Å²) in [7, 11) is -2.20. The molecule has 6 rings (SSSR count). The van der Waals surface area contributed by atoms with Gasteiger partial charge in [-0.3, -0.25) is 9.98 Å². The summed E-state index contributed by atoms with van der Waals surface area (Å²) in [5.74, 6) is -2.30. The summed E-state index contributed by atoms with van der Waals surface area (Å²) in [4.78, 5) is 17.5. The van der Waals surface area contributed by atoms with E-state index in [9.17, 15) is 12.8 Å². The van der Waals surface area contributed by atoms with E-state index in [0.717, 1.165) is 17.1 Å². The van der Waals surface area contributed by atoms with Crippen LogP contribution >= 0.6 is 0 Å². The minimum absolute atomic E-state index is 0.0953. The number of halogens is 2. The lowest BCUT2D eigenvalue weighted by Crippen LogP contribution is -2.11. The predicted octanol–water partition coefficient (Wildman–Crippen LogP) is 5.13. The number of nitrogens with zero attached hydrogens (tertiary/aromatic N) is 5. The number of hydrogen-bond acceptors (Lipinski definition) is 6. The van der Waals surface area contributed by atoms with Crippen molar-refractivity contribution < 1.29 is 17.2 Å². The van der Waals surface area contributed by atoms with Crippen LogP contribution in [0.2, 0.25) is 0 Å². The standard InChI is InChI=1S/C28H21F2N5O2S/c1-35-13-10-17-4-2-6-24(28(17)35)38(36,37)15-18-7-8-21(29)20(25(18)30)14-23-19(5-3-11-31-23)26-27-22(9-12-32-27)33-16-34-26/h2-8,10-13,16H,9,14-15H2,1H3. The van der Waals surface area contributed by atoms with Crippen LogP contribution in [-0.2, 0) is 35.5 Å². The Labute approximate surface area is 217 Å². The summed E-state index contributed by atoms with van der Waals surface area (Å²) >= 11 is 0. The fourth-order valence-corrected chi connectivity index (χ4v) is 6.48. The SMILES string of the molecule is Cn1ccc2cccc(S(=O)(=O)Cc3ccc(F)c(Cc4ncccc4-c4ncnc5c4N=CC5)c3F)c21. The maximum absolute atomic E-state index is 15.8. The fraction of sp³-hybridized carbons (Fsp3) is 0.143. The molecule has 0 fully saturated rings. The first kappa shape index (κ1) is 24.1. The number of rotatable bonds is 6. The molecule has 190 valence electrons. The molecule has 0 saturated carbocycles. The lowest BCUT2D eigenvalue weighted by Gasteiger charge is -2.14. The Bertz CT molecular complexity index is 1870. The topological polar surface area (TPSA) is 90.1 Å². The van der Waals surface area contributed by atoms with Crippen molar-refractivity contribution >= 4 is 32.6 Å². The molecule has 5 aromatic rings. The third-order valence-electron chi connectivity index (χ3n) is 6.70. The number of aromatic nitrogens is 4. The average molecular weight is 530 g/mol. The van der Waals surface area contributed by atoms with Gasteiger partial charge in [-0.25, -0.2) is 27.2 Å². The van der Waals surface area contributed by atoms with Gasteiger partial charge in [-0.2, -0.15) is 0 Å². The molecule has 1 aliphatic rings. The van der Waals surface area contributed by atoms with E-state index < -0.39 is 27.2 Å². The van der Waals surface area contributed by atoms with Crippen molar-refractivity contribution in [3.63, 3.8) is 0 Å². The molecule has 0 bridgehead atoms. The Kier molecular flexibility index (Phi) is 5.83. The highest BCUT2D eigenvalue weighted by atomic mass is 32.2. The highest BCUT2D eigenvalue weighted by Gasteiger charge is 2.25. The van der Waals surface area contributed by atoms with Crippen molar-refractivity contribution in [3.8, 4) is 11.3 Å². The molecule has 0 radical (unpaired) electrons. The molecule has 0 saturated heterocycles. The van der Waals surface area contributed by atoms with Crippen molar-refractivity contribution in [2.24, 2.45) is 12.0 Å². The summed E-state index contributed by atoms with van der Waals surface area (Å²) in [5, 5.41) is 0.761. The quantitative estimate of drug-likeness (QED) is 0.304. The van der Waals surface area contributed by atoms with Crippen molar-refractivity contribution in [2.45, 2.75) is 23.5 Å². The van der Waals surface area contributed by atoms with Crippen LogP contribution in [-0.4, -0.2) is 34.2 Å². The van der Waals surface area contributed by atoms with Gasteiger partial charge < -0.3 is 4.57 Å². The van der Waals surface area contributed by atoms with Crippen molar-refractivity contribution in [3.05, 3.63) is 101 Å². The minimum atomic E-state index is -3.95. The molecule has 7 nitrogen and oxygen atoms in total. The van der Waals surface area contributed by atoms with Crippen LogP contribution in [0, 0.1) is 11.6 Å². The van der Waals surface area contributed by atoms with Gasteiger partial charge >= 0.3 is 0 Å². The molecule has 3 aromatic heterocycles. The summed E-state index contributed by atoms with van der Waals surface area (Å²) in [6.45, 7) is 0. The Morgan fingerprint density at radius 1 is 1.00 bits per heavy atom. The van der Waals surface area contributed by atoms with Gasteiger partial charge in [0.1, 0.15) is 29.3 Å². The van der Waals surface area contributed by atoms with Crippen LogP contribution in [0.25, 0.3) is 22.2 Å². The summed E-state index contributed by atoms with van der Waals surface area (Å²) in [5.41, 5.74) is 3.04. The number of aliphatic imine (C=N–C) groups is 1. The Hall–Kier alpha value is -4.31. The van der Waals surface area contributed by atoms with Crippen LogP contribution in [0.5, 0.6) is 0 Å². The van der Waals surface area contributed by atoms with Gasteiger partial charge in [0.25, 0.3) is 0 Å². The van der Waals surface area contributed by atoms with Crippen LogP contribution in [0.1, 0.15) is 22.5 Å². The molecule has 0 unspecified atom stereocenters. The number of sulfone groups is 1. The molecule has 4 heterocycles. The van der Waals surface area contributed by atoms with Gasteiger partial charge in [0.05, 0.1) is 27.6 Å². The van der Waals surface area contributed by atoms with Crippen LogP contribution in [0.4, 0.5) is 14.5 Å². The van der Waals surface area contributed by atoms with Gasteiger partial charge in [-0.05, 0) is 30.3 Å². The van der Waals surface area contributed by atoms with E-state index in [4.69, 9.17) is 0 Å². The Morgan fingerprint density at radius 3 is 2.74 bits per heavy atom. The molecule has 2 aromatic carbocycles. The van der Waals surface area contributed by atoms with Crippen molar-refractivity contribution in [1.82, 2.24) is 19.5 Å². The molecule has 0 amide bonds. The monoisotopic (exact) mass is 529 g/mol. The lowest BCUT2D eigenvalue weighted by molar-refractivity contribution is 0.550. The first-order chi connectivity index (χ1) is 18.3. The van der Waals surface area contributed by atoms with E-state index in [-0.39, 0.29) is 22.4 Å². The molecule has 1 aliphatic heterocycles. The van der Waals surface area contributed by atoms with Crippen LogP contribution in [0.3, 0.4) is 0 Å². The molecule has 0 spiro atoms. The fourth-order valence-electron chi connectivity index (χ4n) is 4.85. The average Bonchev–Trinajstić information content (AvgIpc) is 3.55. The van der Waals surface area contributed by atoms with Crippen LogP contribution in [0.15, 0.2) is 77.1 Å². The highest BCUT2D eigenvalue weighted by molar-refractivity contribution is 7.90. The number of benzene rings is 2. The second-order valence-electron chi connectivity index (χ2n) is 9.09. The largest absolute Gasteiger partial charge is 0.349 e. The minimum Gasteiger partial charge on any atom is -0.349 e. The highest BCUT2D eigenvalue weighted by Crippen LogP contribution is 2.35. The van der Waals surface area contributed by atoms with E-state index in [2.05, 4.69) is 19.9 Å². The summed E-state index contributed by atoms with van der Waals surface area (Å²) in [6.07, 6.45) is 6.85. The van der Waals surface area contributed by atoms with Crippen molar-refractivity contribution in [2.75, 3.05) is 0 Å². The number of hydrogen-bond donors (Lipinski definition) is 0. The number of fused-ring (bicyclic) bond motifs is 2. The third-order valence-corrected chi connectivity index (χ3v) is 8.39. The first-order valence-corrected chi connectivity index (χ1v) is 13.5. The van der Waals surface area contributed by atoms with E-state index in [0.29, 0.717) is 34.6 Å². The molecule has 0 aliphatic carbocycles. The van der Waals surface area contributed by atoms with E-state index in [1.54, 1.807) is 42.2 Å². The lowest BCUT2D eigenvalue weighted by atomic mass is 9.99. The summed E-state index contributed by atoms with van der Waals surface area (Å²) in [6, 6.07) is 12.5. The third kappa shape index (κ3) is 4.06. The first-order valence-electron chi connectivity index (χ1n) is 11.9. The zero-order chi connectivity index (χ0) is 26.4. The van der Waals surface area contributed by atoms with Gasteiger partial charge in [0, 0.05) is 60.6 Å². The number of aryl methyl sites for hydroxylation is 1. The normalized spacial score (nSPS) is 12.8. The molecule has 0 atom stereocenters.